The first kappa shape index (κ1) is 26.2. The maximum atomic E-state index is 12.1. The summed E-state index contributed by atoms with van der Waals surface area (Å²) >= 11 is 0. The molecule has 1 aromatic heterocycles. The predicted octanol–water partition coefficient (Wildman–Crippen LogP) is 6.37. The van der Waals surface area contributed by atoms with Gasteiger partial charge in [-0.2, -0.15) is 0 Å². The van der Waals surface area contributed by atoms with E-state index in [9.17, 15) is 4.79 Å². The maximum absolute atomic E-state index is 12.1. The van der Waals surface area contributed by atoms with Crippen molar-refractivity contribution in [2.24, 2.45) is 11.5 Å². The van der Waals surface area contributed by atoms with Gasteiger partial charge in [0.1, 0.15) is 23.7 Å². The Morgan fingerprint density at radius 1 is 0.795 bits per heavy atom. The molecule has 39 heavy (non-hydrogen) atoms. The highest BCUT2D eigenvalue weighted by Crippen LogP contribution is 2.37. The van der Waals surface area contributed by atoms with Crippen molar-refractivity contribution in [2.75, 3.05) is 6.61 Å². The van der Waals surface area contributed by atoms with Crippen molar-refractivity contribution in [1.82, 2.24) is 0 Å². The third-order valence-corrected chi connectivity index (χ3v) is 6.62. The minimum Gasteiger partial charge on any atom is -0.485 e. The third-order valence-electron chi connectivity index (χ3n) is 6.62. The van der Waals surface area contributed by atoms with Gasteiger partial charge in [-0.1, -0.05) is 54.6 Å². The van der Waals surface area contributed by atoms with E-state index < -0.39 is 0 Å². The van der Waals surface area contributed by atoms with Gasteiger partial charge in [0.05, 0.1) is 13.0 Å². The molecule has 0 unspecified atom stereocenters. The van der Waals surface area contributed by atoms with Gasteiger partial charge in [0.2, 0.25) is 0 Å². The van der Waals surface area contributed by atoms with Crippen molar-refractivity contribution in [2.45, 2.75) is 33.0 Å². The maximum Gasteiger partial charge on any atom is 0.310 e. The van der Waals surface area contributed by atoms with E-state index in [0.717, 1.165) is 49.9 Å². The summed E-state index contributed by atoms with van der Waals surface area (Å²) in [7, 11) is 0. The van der Waals surface area contributed by atoms with Crippen LogP contribution in [0.4, 0.5) is 0 Å². The number of nitrogens with two attached hydrogens (primary N) is 2. The van der Waals surface area contributed by atoms with Crippen LogP contribution in [0.3, 0.4) is 0 Å². The molecule has 5 aromatic rings. The molecule has 0 aliphatic carbocycles. The number of hydrogen-bond acceptors (Lipinski definition) is 6. The minimum atomic E-state index is -0.284. The van der Waals surface area contributed by atoms with E-state index in [0.29, 0.717) is 31.2 Å². The second-order valence-corrected chi connectivity index (χ2v) is 9.34. The predicted molar refractivity (Wildman–Crippen MR) is 154 cm³/mol. The Morgan fingerprint density at radius 2 is 1.51 bits per heavy atom. The number of para-hydroxylation sites is 1. The van der Waals surface area contributed by atoms with Crippen LogP contribution >= 0.6 is 0 Å². The van der Waals surface area contributed by atoms with Crippen molar-refractivity contribution >= 4 is 16.9 Å². The molecule has 0 atom stereocenters. The highest BCUT2D eigenvalue weighted by Gasteiger charge is 2.16. The van der Waals surface area contributed by atoms with E-state index in [2.05, 4.69) is 36.4 Å². The lowest BCUT2D eigenvalue weighted by molar-refractivity contribution is -0.142. The Kier molecular flexibility index (Phi) is 8.06. The van der Waals surface area contributed by atoms with Gasteiger partial charge in [-0.25, -0.2) is 0 Å². The average molecular weight is 521 g/mol. The molecule has 0 spiro atoms. The van der Waals surface area contributed by atoms with Gasteiger partial charge in [0, 0.05) is 29.6 Å². The Labute approximate surface area is 228 Å². The van der Waals surface area contributed by atoms with Crippen LogP contribution in [0.15, 0.2) is 95.4 Å². The number of benzene rings is 4. The number of carbonyl (C=O) groups is 1. The summed E-state index contributed by atoms with van der Waals surface area (Å²) in [6, 6.07) is 30.2. The van der Waals surface area contributed by atoms with Crippen LogP contribution in [-0.2, 0) is 35.6 Å². The van der Waals surface area contributed by atoms with Crippen LogP contribution in [0.5, 0.6) is 5.75 Å². The normalized spacial score (nSPS) is 11.1. The fourth-order valence-electron chi connectivity index (χ4n) is 4.71. The van der Waals surface area contributed by atoms with Gasteiger partial charge < -0.3 is 25.4 Å². The SMILES string of the molecule is CCOC(=O)Cc1ccccc1OCc1cc2cc(-c3cccc(CN)c3)cc(-c3cccc(CN)c3)c2o1. The number of ether oxygens (including phenoxy) is 2. The molecular formula is C33H32N2O4. The van der Waals surface area contributed by atoms with Gasteiger partial charge in [-0.05, 0) is 71.1 Å². The molecule has 0 aliphatic rings. The van der Waals surface area contributed by atoms with E-state index in [1.165, 1.54) is 0 Å². The van der Waals surface area contributed by atoms with Crippen LogP contribution < -0.4 is 16.2 Å². The van der Waals surface area contributed by atoms with Crippen molar-refractivity contribution in [3.8, 4) is 28.0 Å². The van der Waals surface area contributed by atoms with Gasteiger partial charge >= 0.3 is 5.97 Å². The van der Waals surface area contributed by atoms with Crippen LogP contribution in [0.2, 0.25) is 0 Å². The Bertz CT molecular complexity index is 1600. The highest BCUT2D eigenvalue weighted by molar-refractivity contribution is 5.97. The second-order valence-electron chi connectivity index (χ2n) is 9.34. The number of hydrogen-bond donors (Lipinski definition) is 2. The van der Waals surface area contributed by atoms with Crippen LogP contribution in [0.25, 0.3) is 33.2 Å². The standard InChI is InChI=1S/C33H32N2O4/c1-2-37-32(36)18-26-9-3-4-12-31(26)38-21-29-16-28-15-27(24-10-5-7-22(13-24)19-34)17-30(33(28)39-29)25-11-6-8-23(14-25)20-35/h3-17H,2,18-21,34-35H2,1H3. The number of esters is 1. The molecule has 6 nitrogen and oxygen atoms in total. The lowest BCUT2D eigenvalue weighted by atomic mass is 9.95. The zero-order valence-corrected chi connectivity index (χ0v) is 22.0. The summed E-state index contributed by atoms with van der Waals surface area (Å²) < 4.78 is 17.6. The Balaban J connectivity index is 1.52. The molecule has 0 saturated carbocycles. The topological polar surface area (TPSA) is 101 Å². The van der Waals surface area contributed by atoms with Crippen molar-refractivity contribution in [3.05, 3.63) is 113 Å². The van der Waals surface area contributed by atoms with E-state index in [1.54, 1.807) is 6.92 Å². The summed E-state index contributed by atoms with van der Waals surface area (Å²) in [6.07, 6.45) is 0.150. The Hall–Kier alpha value is -4.39. The van der Waals surface area contributed by atoms with Crippen molar-refractivity contribution in [1.29, 1.82) is 0 Å². The van der Waals surface area contributed by atoms with E-state index in [1.807, 2.05) is 54.6 Å². The fourth-order valence-corrected chi connectivity index (χ4v) is 4.71. The molecule has 0 saturated heterocycles. The minimum absolute atomic E-state index is 0.150. The summed E-state index contributed by atoms with van der Waals surface area (Å²) in [5, 5.41) is 0.970. The van der Waals surface area contributed by atoms with E-state index in [-0.39, 0.29) is 19.0 Å². The molecule has 4 N–H and O–H groups in total. The Morgan fingerprint density at radius 3 is 2.26 bits per heavy atom. The third kappa shape index (κ3) is 6.03. The average Bonchev–Trinajstić information content (AvgIpc) is 3.39. The van der Waals surface area contributed by atoms with Gasteiger partial charge in [-0.3, -0.25) is 4.79 Å². The lowest BCUT2D eigenvalue weighted by Gasteiger charge is -2.10. The number of furan rings is 1. The molecule has 0 amide bonds. The van der Waals surface area contributed by atoms with Crippen LogP contribution in [0, 0.1) is 0 Å². The molecule has 5 rings (SSSR count). The van der Waals surface area contributed by atoms with E-state index >= 15 is 0 Å². The van der Waals surface area contributed by atoms with Gasteiger partial charge in [0.15, 0.2) is 0 Å². The molecule has 0 fully saturated rings. The summed E-state index contributed by atoms with van der Waals surface area (Å²) in [4.78, 5) is 12.1. The quantitative estimate of drug-likeness (QED) is 0.208. The first-order valence-electron chi connectivity index (χ1n) is 13.1. The molecule has 4 aromatic carbocycles. The van der Waals surface area contributed by atoms with Crippen molar-refractivity contribution in [3.63, 3.8) is 0 Å². The monoisotopic (exact) mass is 520 g/mol. The summed E-state index contributed by atoms with van der Waals surface area (Å²) in [5.74, 6) is 1.02. The lowest BCUT2D eigenvalue weighted by Crippen LogP contribution is -2.09. The molecule has 198 valence electrons. The van der Waals surface area contributed by atoms with Gasteiger partial charge in [0.25, 0.3) is 0 Å². The molecule has 0 aliphatic heterocycles. The van der Waals surface area contributed by atoms with Crippen molar-refractivity contribution < 1.29 is 18.7 Å². The van der Waals surface area contributed by atoms with Gasteiger partial charge in [-0.15, -0.1) is 0 Å². The van der Waals surface area contributed by atoms with Crippen LogP contribution in [-0.4, -0.2) is 12.6 Å². The first-order valence-corrected chi connectivity index (χ1v) is 13.1. The number of fused-ring (bicyclic) bond motifs is 1. The number of rotatable bonds is 10. The zero-order chi connectivity index (χ0) is 27.2. The second kappa shape index (κ2) is 12.0. The van der Waals surface area contributed by atoms with E-state index in [4.69, 9.17) is 25.4 Å². The largest absolute Gasteiger partial charge is 0.485 e. The van der Waals surface area contributed by atoms with Crippen LogP contribution in [0.1, 0.15) is 29.4 Å². The smallest absolute Gasteiger partial charge is 0.310 e. The summed E-state index contributed by atoms with van der Waals surface area (Å²) in [6.45, 7) is 3.29. The molecule has 0 radical (unpaired) electrons. The fraction of sp³-hybridized carbons (Fsp3) is 0.182. The number of carbonyl (C=O) groups excluding carboxylic acids is 1. The summed E-state index contributed by atoms with van der Waals surface area (Å²) in [5.41, 5.74) is 19.7. The molecule has 1 heterocycles. The first-order chi connectivity index (χ1) is 19.1. The molecular weight excluding hydrogens is 488 g/mol. The zero-order valence-electron chi connectivity index (χ0n) is 22.0. The molecule has 0 bridgehead atoms. The highest BCUT2D eigenvalue weighted by atomic mass is 16.5. The molecule has 6 heteroatoms.